The van der Waals surface area contributed by atoms with Crippen LogP contribution in [0.1, 0.15) is 44.3 Å². The fraction of sp³-hybridized carbons (Fsp3) is 0.375. The summed E-state index contributed by atoms with van der Waals surface area (Å²) < 4.78 is 21.2. The van der Waals surface area contributed by atoms with Crippen LogP contribution >= 0.6 is 0 Å². The van der Waals surface area contributed by atoms with Gasteiger partial charge in [-0.25, -0.2) is 0 Å². The Morgan fingerprint density at radius 1 is 0.971 bits per heavy atom. The summed E-state index contributed by atoms with van der Waals surface area (Å²) in [7, 11) is 1.36. The zero-order chi connectivity index (χ0) is 25.6. The summed E-state index contributed by atoms with van der Waals surface area (Å²) in [5, 5.41) is 41.3. The molecular formula is C24H24O11. The monoisotopic (exact) mass is 488 g/mol. The highest BCUT2D eigenvalue weighted by Gasteiger charge is 2.46. The van der Waals surface area contributed by atoms with E-state index < -0.39 is 60.6 Å². The molecular weight excluding hydrogens is 464 g/mol. The molecule has 1 saturated heterocycles. The lowest BCUT2D eigenvalue weighted by Crippen LogP contribution is -2.60. The minimum absolute atomic E-state index is 0.00694. The zero-order valence-electron chi connectivity index (χ0n) is 19.0. The van der Waals surface area contributed by atoms with Crippen LogP contribution in [-0.2, 0) is 14.3 Å². The van der Waals surface area contributed by atoms with Gasteiger partial charge in [-0.15, -0.1) is 0 Å². The number of rotatable bonds is 5. The van der Waals surface area contributed by atoms with E-state index in [2.05, 4.69) is 0 Å². The van der Waals surface area contributed by atoms with Gasteiger partial charge in [0, 0.05) is 24.1 Å². The lowest BCUT2D eigenvalue weighted by Gasteiger charge is -2.40. The maximum atomic E-state index is 13.4. The molecule has 1 heterocycles. The van der Waals surface area contributed by atoms with Crippen LogP contribution in [0.25, 0.3) is 0 Å². The van der Waals surface area contributed by atoms with Gasteiger partial charge in [0.25, 0.3) is 0 Å². The minimum atomic E-state index is -1.74. The second-order valence-corrected chi connectivity index (χ2v) is 8.35. The molecule has 2 aliphatic rings. The van der Waals surface area contributed by atoms with Gasteiger partial charge < -0.3 is 39.4 Å². The van der Waals surface area contributed by atoms with E-state index in [1.807, 2.05) is 0 Å². The van der Waals surface area contributed by atoms with Crippen molar-refractivity contribution in [3.63, 3.8) is 0 Å². The third kappa shape index (κ3) is 4.34. The Labute approximate surface area is 199 Å². The van der Waals surface area contributed by atoms with Crippen LogP contribution in [0.2, 0.25) is 0 Å². The maximum Gasteiger partial charge on any atom is 0.302 e. The van der Waals surface area contributed by atoms with Crippen LogP contribution in [0.5, 0.6) is 17.2 Å². The van der Waals surface area contributed by atoms with Gasteiger partial charge in [-0.3, -0.25) is 14.4 Å². The first-order valence-electron chi connectivity index (χ1n) is 10.7. The van der Waals surface area contributed by atoms with Gasteiger partial charge in [0.2, 0.25) is 12.1 Å². The number of aromatic hydroxyl groups is 1. The number of phenols is 1. The first-order valence-corrected chi connectivity index (χ1v) is 10.7. The van der Waals surface area contributed by atoms with Gasteiger partial charge >= 0.3 is 5.97 Å². The van der Waals surface area contributed by atoms with Crippen molar-refractivity contribution in [1.82, 2.24) is 0 Å². The summed E-state index contributed by atoms with van der Waals surface area (Å²) in [5.41, 5.74) is 0.113. The number of carbonyl (C=O) groups excluding carboxylic acids is 3. The first kappa shape index (κ1) is 24.6. The van der Waals surface area contributed by atoms with Crippen molar-refractivity contribution in [3.05, 3.63) is 52.1 Å². The zero-order valence-corrected chi connectivity index (χ0v) is 19.0. The number of aryl methyl sites for hydroxylation is 1. The van der Waals surface area contributed by atoms with Crippen LogP contribution < -0.4 is 9.47 Å². The Kier molecular flexibility index (Phi) is 6.52. The number of aliphatic hydroxyl groups is 3. The fourth-order valence-electron chi connectivity index (χ4n) is 4.14. The molecule has 5 atom stereocenters. The van der Waals surface area contributed by atoms with Crippen molar-refractivity contribution < 1.29 is 53.8 Å². The normalized spacial score (nSPS) is 25.5. The van der Waals surface area contributed by atoms with Gasteiger partial charge in [0.1, 0.15) is 48.3 Å². The Morgan fingerprint density at radius 2 is 1.66 bits per heavy atom. The minimum Gasteiger partial charge on any atom is -0.507 e. The number of ketones is 2. The fourth-order valence-corrected chi connectivity index (χ4v) is 4.14. The summed E-state index contributed by atoms with van der Waals surface area (Å²) in [5.74, 6) is -2.30. The van der Waals surface area contributed by atoms with Gasteiger partial charge in [0.05, 0.1) is 18.2 Å². The number of hydrogen-bond acceptors (Lipinski definition) is 11. The molecule has 186 valence electrons. The van der Waals surface area contributed by atoms with E-state index in [0.29, 0.717) is 5.56 Å². The van der Waals surface area contributed by atoms with Crippen molar-refractivity contribution in [1.29, 1.82) is 0 Å². The quantitative estimate of drug-likeness (QED) is 0.363. The maximum absolute atomic E-state index is 13.4. The molecule has 0 spiro atoms. The molecule has 0 aromatic heterocycles. The van der Waals surface area contributed by atoms with E-state index in [0.717, 1.165) is 6.92 Å². The lowest BCUT2D eigenvalue weighted by atomic mass is 9.82. The summed E-state index contributed by atoms with van der Waals surface area (Å²) >= 11 is 0. The van der Waals surface area contributed by atoms with E-state index in [-0.39, 0.29) is 33.8 Å². The molecule has 2 aromatic rings. The molecule has 0 radical (unpaired) electrons. The van der Waals surface area contributed by atoms with Crippen LogP contribution in [0.15, 0.2) is 24.3 Å². The highest BCUT2D eigenvalue weighted by atomic mass is 16.7. The van der Waals surface area contributed by atoms with Crippen molar-refractivity contribution >= 4 is 17.5 Å². The van der Waals surface area contributed by atoms with Crippen LogP contribution in [-0.4, -0.2) is 82.4 Å². The van der Waals surface area contributed by atoms with E-state index in [1.54, 1.807) is 6.92 Å². The topological polar surface area (TPSA) is 169 Å². The summed E-state index contributed by atoms with van der Waals surface area (Å²) in [6, 6.07) is 5.48. The molecule has 4 N–H and O–H groups in total. The summed E-state index contributed by atoms with van der Waals surface area (Å²) in [6.45, 7) is 2.38. The third-order valence-corrected chi connectivity index (χ3v) is 5.88. The molecule has 11 nitrogen and oxygen atoms in total. The predicted octanol–water partition coefficient (Wildman–Crippen LogP) is 0.234. The summed E-state index contributed by atoms with van der Waals surface area (Å²) in [6.07, 6.45) is -7.87. The number of ether oxygens (including phenoxy) is 4. The average molecular weight is 488 g/mol. The molecule has 4 rings (SSSR count). The smallest absolute Gasteiger partial charge is 0.302 e. The lowest BCUT2D eigenvalue weighted by molar-refractivity contribution is -0.278. The molecule has 0 unspecified atom stereocenters. The molecule has 35 heavy (non-hydrogen) atoms. The highest BCUT2D eigenvalue weighted by Crippen LogP contribution is 2.40. The standard InChI is InChI=1S/C24H24O11/c1-9-4-12-18(21(29)17-13(19(12)27)6-11(32-3)7-14(17)26)15(5-9)34-24-23(31)22(30)20(28)16(35-24)8-33-10(2)25/h4-7,16,20,22-24,26,28,30-31H,8H2,1-3H3/t16-,20-,22+,23-,24-/m1/s1. The number of fused-ring (bicyclic) bond motifs is 2. The molecule has 1 aliphatic carbocycles. The highest BCUT2D eigenvalue weighted by molar-refractivity contribution is 6.30. The van der Waals surface area contributed by atoms with Crippen molar-refractivity contribution in [2.45, 2.75) is 44.6 Å². The molecule has 2 aromatic carbocycles. The Morgan fingerprint density at radius 3 is 2.31 bits per heavy atom. The third-order valence-electron chi connectivity index (χ3n) is 5.88. The second kappa shape index (κ2) is 9.27. The largest absolute Gasteiger partial charge is 0.507 e. The van der Waals surface area contributed by atoms with E-state index in [4.69, 9.17) is 18.9 Å². The Hall–Kier alpha value is -3.51. The van der Waals surface area contributed by atoms with Crippen molar-refractivity contribution in [2.24, 2.45) is 0 Å². The number of benzene rings is 2. The Bertz CT molecular complexity index is 1200. The van der Waals surface area contributed by atoms with Gasteiger partial charge in [-0.05, 0) is 30.7 Å². The first-order chi connectivity index (χ1) is 16.5. The number of esters is 1. The van der Waals surface area contributed by atoms with Gasteiger partial charge in [-0.1, -0.05) is 0 Å². The Balaban J connectivity index is 1.73. The second-order valence-electron chi connectivity index (χ2n) is 8.35. The average Bonchev–Trinajstić information content (AvgIpc) is 2.81. The molecule has 1 fully saturated rings. The van der Waals surface area contributed by atoms with E-state index in [1.165, 1.54) is 31.4 Å². The molecule has 0 amide bonds. The summed E-state index contributed by atoms with van der Waals surface area (Å²) in [4.78, 5) is 37.8. The van der Waals surface area contributed by atoms with Gasteiger partial charge in [-0.2, -0.15) is 0 Å². The van der Waals surface area contributed by atoms with Crippen LogP contribution in [0.4, 0.5) is 0 Å². The number of methoxy groups -OCH3 is 1. The number of phenolic OH excluding ortho intramolecular Hbond substituents is 1. The SMILES string of the molecule is COc1cc(O)c2c(c1)C(=O)c1cc(C)cc(O[C@@H]3O[C@H](COC(C)=O)[C@@H](O)[C@H](O)[C@H]3O)c1C2=O. The molecule has 0 bridgehead atoms. The molecule has 0 saturated carbocycles. The van der Waals surface area contributed by atoms with Crippen LogP contribution in [0.3, 0.4) is 0 Å². The van der Waals surface area contributed by atoms with Crippen molar-refractivity contribution in [3.8, 4) is 17.2 Å². The molecule has 1 aliphatic heterocycles. The predicted molar refractivity (Wildman–Crippen MR) is 117 cm³/mol. The van der Waals surface area contributed by atoms with Gasteiger partial charge in [0.15, 0.2) is 5.78 Å². The van der Waals surface area contributed by atoms with E-state index in [9.17, 15) is 34.8 Å². The molecule has 11 heteroatoms. The number of carbonyl (C=O) groups is 3. The number of aliphatic hydroxyl groups excluding tert-OH is 3. The number of hydrogen-bond donors (Lipinski definition) is 4. The van der Waals surface area contributed by atoms with Crippen LogP contribution in [0, 0.1) is 6.92 Å². The van der Waals surface area contributed by atoms with E-state index >= 15 is 0 Å². The van der Waals surface area contributed by atoms with Crippen molar-refractivity contribution in [2.75, 3.05) is 13.7 Å².